The third-order valence-electron chi connectivity index (χ3n) is 7.14. The second-order valence-electron chi connectivity index (χ2n) is 10.1. The largest absolute Gasteiger partial charge is 0.352 e. The minimum Gasteiger partial charge on any atom is -0.352 e. The molecule has 1 N–H and O–H groups in total. The first-order chi connectivity index (χ1) is 17.9. The minimum absolute atomic E-state index is 0.0826. The van der Waals surface area contributed by atoms with E-state index in [9.17, 15) is 18.0 Å². The third-order valence-corrected chi connectivity index (χ3v) is 9.07. The Morgan fingerprint density at radius 3 is 2.32 bits per heavy atom. The van der Waals surface area contributed by atoms with E-state index >= 15 is 0 Å². The van der Waals surface area contributed by atoms with E-state index in [1.165, 1.54) is 9.21 Å². The molecule has 1 unspecified atom stereocenters. The molecule has 3 rings (SSSR count). The maximum absolute atomic E-state index is 13.5. The summed E-state index contributed by atoms with van der Waals surface area (Å²) in [6, 6.07) is 10.1. The van der Waals surface area contributed by atoms with Gasteiger partial charge in [-0.2, -0.15) is 0 Å². The highest BCUT2D eigenvalue weighted by atomic mass is 35.5. The molecular formula is C28H37Cl2N3O4S. The second kappa shape index (κ2) is 13.2. The number of nitrogens with zero attached hydrogens (tertiary/aromatic N) is 2. The van der Waals surface area contributed by atoms with E-state index in [-0.39, 0.29) is 37.4 Å². The van der Waals surface area contributed by atoms with Crippen LogP contribution in [0.5, 0.6) is 0 Å². The third kappa shape index (κ3) is 8.10. The van der Waals surface area contributed by atoms with Crippen LogP contribution in [0.3, 0.4) is 0 Å². The first-order valence-corrected chi connectivity index (χ1v) is 15.6. The zero-order valence-corrected chi connectivity index (χ0v) is 24.8. The molecule has 0 aromatic heterocycles. The van der Waals surface area contributed by atoms with Crippen LogP contribution in [0.1, 0.15) is 62.1 Å². The lowest BCUT2D eigenvalue weighted by Gasteiger charge is -2.30. The van der Waals surface area contributed by atoms with Crippen LogP contribution in [-0.2, 0) is 26.2 Å². The van der Waals surface area contributed by atoms with Crippen molar-refractivity contribution in [1.82, 2.24) is 10.2 Å². The van der Waals surface area contributed by atoms with Gasteiger partial charge in [0.05, 0.1) is 22.0 Å². The molecule has 0 heterocycles. The standard InChI is InChI=1S/C28H37Cl2N3O4S/c1-19-11-13-24(16-20(19)2)33(38(4,36)37)15-7-10-27(34)32(18-22-12-14-25(29)26(30)17-22)21(3)28(35)31-23-8-5-6-9-23/h11-14,16-17,21,23H,5-10,15,18H2,1-4H3,(H,31,35). The van der Waals surface area contributed by atoms with Gasteiger partial charge in [-0.3, -0.25) is 13.9 Å². The summed E-state index contributed by atoms with van der Waals surface area (Å²) in [7, 11) is -3.55. The predicted molar refractivity (Wildman–Crippen MR) is 154 cm³/mol. The number of amides is 2. The van der Waals surface area contributed by atoms with Gasteiger partial charge >= 0.3 is 0 Å². The molecule has 2 aromatic rings. The van der Waals surface area contributed by atoms with Crippen LogP contribution in [0.2, 0.25) is 10.0 Å². The molecule has 0 aliphatic heterocycles. The molecule has 1 aliphatic carbocycles. The van der Waals surface area contributed by atoms with Crippen molar-refractivity contribution in [2.45, 2.75) is 77.9 Å². The molecule has 38 heavy (non-hydrogen) atoms. The van der Waals surface area contributed by atoms with E-state index in [4.69, 9.17) is 23.2 Å². The lowest BCUT2D eigenvalue weighted by molar-refractivity contribution is -0.141. The maximum atomic E-state index is 13.5. The zero-order valence-electron chi connectivity index (χ0n) is 22.5. The first-order valence-electron chi connectivity index (χ1n) is 13.0. The van der Waals surface area contributed by atoms with Crippen molar-refractivity contribution >= 4 is 50.7 Å². The number of hydrogen-bond acceptors (Lipinski definition) is 4. The van der Waals surface area contributed by atoms with Crippen molar-refractivity contribution in [2.24, 2.45) is 0 Å². The number of benzene rings is 2. The molecular weight excluding hydrogens is 545 g/mol. The Labute approximate surface area is 236 Å². The molecule has 2 aromatic carbocycles. The van der Waals surface area contributed by atoms with Crippen LogP contribution in [0, 0.1) is 13.8 Å². The van der Waals surface area contributed by atoms with Crippen LogP contribution >= 0.6 is 23.2 Å². The monoisotopic (exact) mass is 581 g/mol. The van der Waals surface area contributed by atoms with Crippen molar-refractivity contribution in [2.75, 3.05) is 17.1 Å². The summed E-state index contributed by atoms with van der Waals surface area (Å²) in [5.41, 5.74) is 3.38. The number of halogens is 2. The van der Waals surface area contributed by atoms with Gasteiger partial charge in [0.15, 0.2) is 0 Å². The van der Waals surface area contributed by atoms with Crippen LogP contribution in [-0.4, -0.2) is 50.0 Å². The van der Waals surface area contributed by atoms with Crippen molar-refractivity contribution in [3.63, 3.8) is 0 Å². The molecule has 0 saturated heterocycles. The quantitative estimate of drug-likeness (QED) is 0.372. The summed E-state index contributed by atoms with van der Waals surface area (Å²) < 4.78 is 26.4. The average Bonchev–Trinajstić information content (AvgIpc) is 3.36. The van der Waals surface area contributed by atoms with Gasteiger partial charge < -0.3 is 10.2 Å². The highest BCUT2D eigenvalue weighted by Crippen LogP contribution is 2.25. The van der Waals surface area contributed by atoms with Gasteiger partial charge in [0.25, 0.3) is 0 Å². The van der Waals surface area contributed by atoms with E-state index in [0.29, 0.717) is 22.2 Å². The van der Waals surface area contributed by atoms with Gasteiger partial charge in [-0.25, -0.2) is 8.42 Å². The van der Waals surface area contributed by atoms with E-state index in [0.717, 1.165) is 48.6 Å². The number of sulfonamides is 1. The Morgan fingerprint density at radius 2 is 1.71 bits per heavy atom. The fraction of sp³-hybridized carbons (Fsp3) is 0.500. The Balaban J connectivity index is 1.75. The molecule has 2 amide bonds. The maximum Gasteiger partial charge on any atom is 0.242 e. The number of anilines is 1. The molecule has 0 radical (unpaired) electrons. The Morgan fingerprint density at radius 1 is 1.03 bits per heavy atom. The Bertz CT molecular complexity index is 1260. The number of aryl methyl sites for hydroxylation is 2. The number of carbonyl (C=O) groups excluding carboxylic acids is 2. The summed E-state index contributed by atoms with van der Waals surface area (Å²) in [4.78, 5) is 28.1. The van der Waals surface area contributed by atoms with Gasteiger partial charge in [-0.15, -0.1) is 0 Å². The lowest BCUT2D eigenvalue weighted by Crippen LogP contribution is -2.49. The summed E-state index contributed by atoms with van der Waals surface area (Å²) in [6.07, 6.45) is 5.60. The molecule has 208 valence electrons. The predicted octanol–water partition coefficient (Wildman–Crippen LogP) is 5.63. The Hall–Kier alpha value is -2.29. The SMILES string of the molecule is Cc1ccc(N(CCCC(=O)N(Cc2ccc(Cl)c(Cl)c2)C(C)C(=O)NC2CCCC2)S(C)(=O)=O)cc1C. The molecule has 0 bridgehead atoms. The van der Waals surface area contributed by atoms with Crippen molar-refractivity contribution in [1.29, 1.82) is 0 Å². The highest BCUT2D eigenvalue weighted by Gasteiger charge is 2.29. The van der Waals surface area contributed by atoms with Crippen LogP contribution in [0.25, 0.3) is 0 Å². The molecule has 1 atom stereocenters. The smallest absolute Gasteiger partial charge is 0.242 e. The van der Waals surface area contributed by atoms with Crippen molar-refractivity contribution in [3.05, 3.63) is 63.1 Å². The minimum atomic E-state index is -3.55. The topological polar surface area (TPSA) is 86.8 Å². The van der Waals surface area contributed by atoms with E-state index in [1.807, 2.05) is 26.0 Å². The molecule has 0 spiro atoms. The highest BCUT2D eigenvalue weighted by molar-refractivity contribution is 7.92. The van der Waals surface area contributed by atoms with Crippen LogP contribution < -0.4 is 9.62 Å². The second-order valence-corrected chi connectivity index (χ2v) is 12.9. The van der Waals surface area contributed by atoms with Gasteiger partial charge in [-0.1, -0.05) is 48.2 Å². The number of carbonyl (C=O) groups is 2. The number of hydrogen-bond donors (Lipinski definition) is 1. The summed E-state index contributed by atoms with van der Waals surface area (Å²) in [5.74, 6) is -0.433. The van der Waals surface area contributed by atoms with E-state index in [1.54, 1.807) is 31.2 Å². The van der Waals surface area contributed by atoms with Crippen LogP contribution in [0.15, 0.2) is 36.4 Å². The summed E-state index contributed by atoms with van der Waals surface area (Å²) in [5, 5.41) is 3.86. The summed E-state index contributed by atoms with van der Waals surface area (Å²) >= 11 is 12.3. The van der Waals surface area contributed by atoms with Gasteiger partial charge in [0.1, 0.15) is 6.04 Å². The fourth-order valence-electron chi connectivity index (χ4n) is 4.69. The molecule has 10 heteroatoms. The lowest BCUT2D eigenvalue weighted by atomic mass is 10.1. The van der Waals surface area contributed by atoms with Gasteiger partial charge in [-0.05, 0) is 81.0 Å². The molecule has 1 saturated carbocycles. The van der Waals surface area contributed by atoms with Crippen LogP contribution in [0.4, 0.5) is 5.69 Å². The number of rotatable bonds is 11. The normalized spacial score (nSPS) is 14.8. The number of nitrogens with one attached hydrogen (secondary N) is 1. The van der Waals surface area contributed by atoms with Crippen molar-refractivity contribution < 1.29 is 18.0 Å². The molecule has 7 nitrogen and oxygen atoms in total. The zero-order chi connectivity index (χ0) is 28.0. The van der Waals surface area contributed by atoms with Gasteiger partial charge in [0, 0.05) is 25.6 Å². The molecule has 1 fully saturated rings. The summed E-state index contributed by atoms with van der Waals surface area (Å²) in [6.45, 7) is 5.95. The fourth-order valence-corrected chi connectivity index (χ4v) is 5.97. The Kier molecular flexibility index (Phi) is 10.5. The molecule has 1 aliphatic rings. The average molecular weight is 583 g/mol. The first kappa shape index (κ1) is 30.3. The van der Waals surface area contributed by atoms with E-state index in [2.05, 4.69) is 5.32 Å². The van der Waals surface area contributed by atoms with Crippen molar-refractivity contribution in [3.8, 4) is 0 Å². The van der Waals surface area contributed by atoms with Gasteiger partial charge in [0.2, 0.25) is 21.8 Å². The van der Waals surface area contributed by atoms with E-state index < -0.39 is 16.1 Å².